The van der Waals surface area contributed by atoms with E-state index in [0.29, 0.717) is 23.3 Å². The third-order valence-corrected chi connectivity index (χ3v) is 6.28. The minimum Gasteiger partial charge on any atom is -0.367 e. The topological polar surface area (TPSA) is 45.7 Å². The van der Waals surface area contributed by atoms with Gasteiger partial charge in [-0.15, -0.1) is 4.98 Å². The van der Waals surface area contributed by atoms with Crippen molar-refractivity contribution in [3.8, 4) is 0 Å². The van der Waals surface area contributed by atoms with Crippen LogP contribution in [-0.2, 0) is 13.6 Å². The molecule has 0 bridgehead atoms. The van der Waals surface area contributed by atoms with Crippen LogP contribution in [0.4, 0.5) is 15.9 Å². The summed E-state index contributed by atoms with van der Waals surface area (Å²) in [5.74, 6) is 0.473. The number of rotatable bonds is 4. The number of halogens is 1. The lowest BCUT2D eigenvalue weighted by molar-refractivity contribution is 0.152. The molecule has 0 amide bonds. The monoisotopic (exact) mass is 419 g/mol. The highest BCUT2D eigenvalue weighted by Gasteiger charge is 2.31. The number of pyridine rings is 2. The largest absolute Gasteiger partial charge is 0.367 e. The first-order valence-corrected chi connectivity index (χ1v) is 10.4. The van der Waals surface area contributed by atoms with Gasteiger partial charge in [-0.1, -0.05) is 25.6 Å². The predicted octanol–water partition coefficient (Wildman–Crippen LogP) is 3.97. The summed E-state index contributed by atoms with van der Waals surface area (Å²) in [5.41, 5.74) is 3.24. The van der Waals surface area contributed by atoms with E-state index in [2.05, 4.69) is 33.6 Å². The van der Waals surface area contributed by atoms with Crippen molar-refractivity contribution in [1.82, 2.24) is 14.5 Å². The SMILES string of the molecule is [C-]#[N+]c1ccc2c(n1)c(N1CCC(N(C)Cc3ccc(F)cc3)C(C)C1)cc(=O)n2C. The molecule has 3 aromatic rings. The van der Waals surface area contributed by atoms with Crippen LogP contribution in [0.15, 0.2) is 47.3 Å². The van der Waals surface area contributed by atoms with Gasteiger partial charge in [0, 0.05) is 38.8 Å². The first-order chi connectivity index (χ1) is 14.9. The zero-order valence-corrected chi connectivity index (χ0v) is 18.0. The smallest absolute Gasteiger partial charge is 0.270 e. The van der Waals surface area contributed by atoms with Crippen LogP contribution >= 0.6 is 0 Å². The maximum Gasteiger partial charge on any atom is 0.270 e. The first-order valence-electron chi connectivity index (χ1n) is 10.4. The molecule has 4 rings (SSSR count). The van der Waals surface area contributed by atoms with Crippen molar-refractivity contribution in [2.24, 2.45) is 13.0 Å². The van der Waals surface area contributed by atoms with Crippen LogP contribution in [0.3, 0.4) is 0 Å². The van der Waals surface area contributed by atoms with E-state index in [1.54, 1.807) is 29.8 Å². The molecule has 31 heavy (non-hydrogen) atoms. The summed E-state index contributed by atoms with van der Waals surface area (Å²) in [6, 6.07) is 12.1. The molecule has 1 aromatic carbocycles. The molecule has 0 spiro atoms. The molecule has 1 aliphatic rings. The van der Waals surface area contributed by atoms with E-state index in [4.69, 9.17) is 6.57 Å². The Morgan fingerprint density at radius 2 is 2.00 bits per heavy atom. The molecule has 2 atom stereocenters. The second kappa shape index (κ2) is 8.48. The minimum atomic E-state index is -0.218. The van der Waals surface area contributed by atoms with Crippen LogP contribution < -0.4 is 10.5 Å². The lowest BCUT2D eigenvalue weighted by atomic mass is 9.92. The molecule has 0 N–H and O–H groups in total. The van der Waals surface area contributed by atoms with Gasteiger partial charge in [0.15, 0.2) is 0 Å². The Bertz CT molecular complexity index is 1200. The molecule has 0 radical (unpaired) electrons. The van der Waals surface area contributed by atoms with Crippen LogP contribution in [0.1, 0.15) is 18.9 Å². The second-order valence-electron chi connectivity index (χ2n) is 8.40. The van der Waals surface area contributed by atoms with Gasteiger partial charge in [-0.3, -0.25) is 9.69 Å². The number of aromatic nitrogens is 2. The number of hydrogen-bond donors (Lipinski definition) is 0. The van der Waals surface area contributed by atoms with Crippen molar-refractivity contribution >= 4 is 22.5 Å². The molecule has 7 heteroatoms. The van der Waals surface area contributed by atoms with E-state index < -0.39 is 0 Å². The molecule has 3 heterocycles. The average molecular weight is 420 g/mol. The Hall–Kier alpha value is -3.24. The maximum atomic E-state index is 13.2. The van der Waals surface area contributed by atoms with Gasteiger partial charge < -0.3 is 14.3 Å². The van der Waals surface area contributed by atoms with Gasteiger partial charge in [-0.05, 0) is 49.2 Å². The number of anilines is 1. The molecule has 2 unspecified atom stereocenters. The summed E-state index contributed by atoms with van der Waals surface area (Å²) in [6.07, 6.45) is 0.943. The van der Waals surface area contributed by atoms with Crippen LogP contribution in [0.2, 0.25) is 0 Å². The van der Waals surface area contributed by atoms with E-state index in [9.17, 15) is 9.18 Å². The quantitative estimate of drug-likeness (QED) is 0.601. The Morgan fingerprint density at radius 1 is 1.26 bits per heavy atom. The van der Waals surface area contributed by atoms with Crippen molar-refractivity contribution in [3.05, 3.63) is 75.6 Å². The van der Waals surface area contributed by atoms with Crippen LogP contribution in [0.25, 0.3) is 15.9 Å². The number of benzene rings is 1. The number of hydrogen-bond acceptors (Lipinski definition) is 4. The maximum absolute atomic E-state index is 13.2. The molecule has 160 valence electrons. The zero-order chi connectivity index (χ0) is 22.1. The Balaban J connectivity index is 1.57. The fourth-order valence-corrected chi connectivity index (χ4v) is 4.61. The fourth-order valence-electron chi connectivity index (χ4n) is 4.61. The van der Waals surface area contributed by atoms with E-state index in [1.807, 2.05) is 12.1 Å². The third-order valence-electron chi connectivity index (χ3n) is 6.28. The van der Waals surface area contributed by atoms with Gasteiger partial charge in [0.25, 0.3) is 11.4 Å². The van der Waals surface area contributed by atoms with Crippen molar-refractivity contribution in [1.29, 1.82) is 0 Å². The van der Waals surface area contributed by atoms with Crippen LogP contribution in [-0.4, -0.2) is 40.6 Å². The fraction of sp³-hybridized carbons (Fsp3) is 0.375. The van der Waals surface area contributed by atoms with Crippen molar-refractivity contribution in [3.63, 3.8) is 0 Å². The lowest BCUT2D eigenvalue weighted by Gasteiger charge is -2.42. The van der Waals surface area contributed by atoms with Crippen LogP contribution in [0, 0.1) is 18.3 Å². The molecule has 6 nitrogen and oxygen atoms in total. The summed E-state index contributed by atoms with van der Waals surface area (Å²) in [6.45, 7) is 11.9. The van der Waals surface area contributed by atoms with Gasteiger partial charge in [0.1, 0.15) is 5.82 Å². The molecule has 1 aliphatic heterocycles. The van der Waals surface area contributed by atoms with Gasteiger partial charge in [-0.2, -0.15) is 0 Å². The van der Waals surface area contributed by atoms with Gasteiger partial charge in [-0.25, -0.2) is 4.39 Å². The number of piperidine rings is 1. The van der Waals surface area contributed by atoms with E-state index in [-0.39, 0.29) is 11.4 Å². The highest BCUT2D eigenvalue weighted by Crippen LogP contribution is 2.31. The standard InChI is InChI=1S/C24H26FN5O/c1-16-14-30(12-11-19(16)28(3)15-17-5-7-18(25)8-6-17)21-13-23(31)29(4)20-9-10-22(26-2)27-24(20)21/h5-10,13,16,19H,11-12,14-15H2,1,3-4H3. The lowest BCUT2D eigenvalue weighted by Crippen LogP contribution is -2.49. The molecule has 2 aromatic heterocycles. The number of nitrogens with zero attached hydrogens (tertiary/aromatic N) is 5. The highest BCUT2D eigenvalue weighted by atomic mass is 19.1. The summed E-state index contributed by atoms with van der Waals surface area (Å²) in [5, 5.41) is 0. The normalized spacial score (nSPS) is 19.0. The summed E-state index contributed by atoms with van der Waals surface area (Å²) in [4.78, 5) is 25.1. The Labute approximate surface area is 181 Å². The highest BCUT2D eigenvalue weighted by molar-refractivity contribution is 5.89. The molecular weight excluding hydrogens is 393 g/mol. The Morgan fingerprint density at radius 3 is 2.68 bits per heavy atom. The predicted molar refractivity (Wildman–Crippen MR) is 121 cm³/mol. The molecular formula is C24H26FN5O. The molecule has 0 saturated carbocycles. The molecule has 0 aliphatic carbocycles. The second-order valence-corrected chi connectivity index (χ2v) is 8.40. The summed E-state index contributed by atoms with van der Waals surface area (Å²) < 4.78 is 14.8. The van der Waals surface area contributed by atoms with E-state index in [0.717, 1.165) is 42.8 Å². The summed E-state index contributed by atoms with van der Waals surface area (Å²) >= 11 is 0. The van der Waals surface area contributed by atoms with Gasteiger partial charge >= 0.3 is 0 Å². The number of fused-ring (bicyclic) bond motifs is 1. The van der Waals surface area contributed by atoms with Crippen LogP contribution in [0.5, 0.6) is 0 Å². The number of aryl methyl sites for hydroxylation is 1. The van der Waals surface area contributed by atoms with E-state index >= 15 is 0 Å². The minimum absolute atomic E-state index is 0.0805. The first kappa shape index (κ1) is 21.0. The van der Waals surface area contributed by atoms with Crippen molar-refractivity contribution in [2.75, 3.05) is 25.0 Å². The molecule has 1 saturated heterocycles. The van der Waals surface area contributed by atoms with Crippen molar-refractivity contribution < 1.29 is 4.39 Å². The third kappa shape index (κ3) is 4.17. The molecule has 1 fully saturated rings. The Kier molecular flexibility index (Phi) is 5.75. The van der Waals surface area contributed by atoms with Gasteiger partial charge in [0.05, 0.1) is 11.2 Å². The zero-order valence-electron chi connectivity index (χ0n) is 18.0. The average Bonchev–Trinajstić information content (AvgIpc) is 2.77. The van der Waals surface area contributed by atoms with E-state index in [1.165, 1.54) is 12.1 Å². The van der Waals surface area contributed by atoms with Gasteiger partial charge in [0.2, 0.25) is 5.52 Å². The van der Waals surface area contributed by atoms with Crippen molar-refractivity contribution in [2.45, 2.75) is 25.9 Å². The summed E-state index contributed by atoms with van der Waals surface area (Å²) in [7, 11) is 3.84.